The smallest absolute Gasteiger partial charge is 0.352 e. The molecule has 1 N–H and O–H groups in total. The summed E-state index contributed by atoms with van der Waals surface area (Å²) in [4.78, 5) is 11.4. The summed E-state index contributed by atoms with van der Waals surface area (Å²) in [6.07, 6.45) is -19.0. The average molecular weight is 345 g/mol. The Bertz CT molecular complexity index is 367. The van der Waals surface area contributed by atoms with Gasteiger partial charge in [0.05, 0.1) is 0 Å². The van der Waals surface area contributed by atoms with Crippen molar-refractivity contribution in [3.8, 4) is 0 Å². The van der Waals surface area contributed by atoms with Crippen molar-refractivity contribution in [2.45, 2.75) is 56.7 Å². The maximum absolute atomic E-state index is 12.7. The topological polar surface area (TPSA) is 29.1 Å². The van der Waals surface area contributed by atoms with Crippen LogP contribution in [-0.4, -0.2) is 30.5 Å². The van der Waals surface area contributed by atoms with Crippen LogP contribution in [0.25, 0.3) is 0 Å². The summed E-state index contributed by atoms with van der Waals surface area (Å²) in [5, 5.41) is 1.28. The van der Waals surface area contributed by atoms with E-state index in [1.165, 1.54) is 5.32 Å². The van der Waals surface area contributed by atoms with Gasteiger partial charge in [-0.05, 0) is 12.8 Å². The van der Waals surface area contributed by atoms with Crippen molar-refractivity contribution in [2.24, 2.45) is 5.41 Å². The predicted molar refractivity (Wildman–Crippen MR) is 55.6 cm³/mol. The molecule has 0 saturated heterocycles. The Kier molecular flexibility index (Phi) is 4.98. The van der Waals surface area contributed by atoms with E-state index in [0.717, 1.165) is 0 Å². The van der Waals surface area contributed by atoms with E-state index in [1.807, 2.05) is 0 Å². The van der Waals surface area contributed by atoms with Gasteiger partial charge in [-0.15, -0.1) is 0 Å². The van der Waals surface area contributed by atoms with Crippen molar-refractivity contribution in [1.82, 2.24) is 5.32 Å². The second-order valence-electron chi connectivity index (χ2n) is 5.05. The fourth-order valence-corrected chi connectivity index (χ4v) is 2.41. The molecule has 22 heavy (non-hydrogen) atoms. The molecule has 1 amide bonds. The Morgan fingerprint density at radius 2 is 1.09 bits per heavy atom. The molecule has 11 heteroatoms. The zero-order chi connectivity index (χ0) is 17.4. The number of alkyl halides is 9. The highest BCUT2D eigenvalue weighted by Crippen LogP contribution is 2.59. The molecule has 0 aromatic heterocycles. The van der Waals surface area contributed by atoms with Gasteiger partial charge in [-0.2, -0.15) is 39.5 Å². The summed E-state index contributed by atoms with van der Waals surface area (Å²) in [7, 11) is 0. The van der Waals surface area contributed by atoms with Gasteiger partial charge in [-0.25, -0.2) is 0 Å². The molecule has 0 bridgehead atoms. The maximum Gasteiger partial charge on any atom is 0.421 e. The largest absolute Gasteiger partial charge is 0.421 e. The van der Waals surface area contributed by atoms with Gasteiger partial charge in [-0.1, -0.05) is 19.3 Å². The number of carbonyl (C=O) groups excluding carboxylic acids is 1. The van der Waals surface area contributed by atoms with Gasteiger partial charge >= 0.3 is 23.9 Å². The van der Waals surface area contributed by atoms with Gasteiger partial charge in [0.2, 0.25) is 0 Å². The Labute approximate surface area is 119 Å². The number of amides is 1. The summed E-state index contributed by atoms with van der Waals surface area (Å²) in [5.41, 5.74) is -6.43. The van der Waals surface area contributed by atoms with Crippen LogP contribution < -0.4 is 5.32 Å². The lowest BCUT2D eigenvalue weighted by atomic mass is 9.83. The predicted octanol–water partition coefficient (Wildman–Crippen LogP) is 4.11. The lowest BCUT2D eigenvalue weighted by Gasteiger charge is -2.38. The standard InChI is InChI=1S/C11H12F9NO/c12-9(13,14)8(10(15,16)17,11(18,19)20)7(22)21-6-4-2-1-3-5-6/h6H,1-5H2,(H,21,22). The molecule has 0 spiro atoms. The monoisotopic (exact) mass is 345 g/mol. The van der Waals surface area contributed by atoms with Crippen molar-refractivity contribution >= 4 is 5.91 Å². The first-order valence-corrected chi connectivity index (χ1v) is 6.26. The molecule has 0 unspecified atom stereocenters. The number of halogens is 9. The summed E-state index contributed by atoms with van der Waals surface area (Å²) >= 11 is 0. The van der Waals surface area contributed by atoms with Gasteiger partial charge < -0.3 is 5.32 Å². The Morgan fingerprint density at radius 1 is 0.727 bits per heavy atom. The summed E-state index contributed by atoms with van der Waals surface area (Å²) < 4.78 is 114. The van der Waals surface area contributed by atoms with Crippen LogP contribution >= 0.6 is 0 Å². The Hall–Kier alpha value is -1.16. The second kappa shape index (κ2) is 5.80. The average Bonchev–Trinajstić information content (AvgIpc) is 2.24. The number of carbonyl (C=O) groups is 1. The van der Waals surface area contributed by atoms with E-state index >= 15 is 0 Å². The molecule has 0 heterocycles. The van der Waals surface area contributed by atoms with Gasteiger partial charge in [0.1, 0.15) is 0 Å². The fraction of sp³-hybridized carbons (Fsp3) is 0.909. The van der Waals surface area contributed by atoms with Crippen molar-refractivity contribution in [3.63, 3.8) is 0 Å². The van der Waals surface area contributed by atoms with E-state index < -0.39 is 35.9 Å². The SMILES string of the molecule is O=C(NC1CCCCC1)C(C(F)(F)F)(C(F)(F)F)C(F)(F)F. The lowest BCUT2D eigenvalue weighted by Crippen LogP contribution is -2.68. The molecule has 1 fully saturated rings. The minimum atomic E-state index is -6.86. The number of hydrogen-bond acceptors (Lipinski definition) is 1. The highest BCUT2D eigenvalue weighted by atomic mass is 19.4. The second-order valence-corrected chi connectivity index (χ2v) is 5.05. The molecule has 0 aromatic rings. The zero-order valence-corrected chi connectivity index (χ0v) is 10.9. The van der Waals surface area contributed by atoms with Crippen molar-refractivity contribution in [3.05, 3.63) is 0 Å². The van der Waals surface area contributed by atoms with Gasteiger partial charge in [0.15, 0.2) is 0 Å². The van der Waals surface area contributed by atoms with Crippen LogP contribution in [0.5, 0.6) is 0 Å². The Morgan fingerprint density at radius 3 is 1.41 bits per heavy atom. The Balaban J connectivity index is 3.27. The van der Waals surface area contributed by atoms with Crippen LogP contribution in [0.1, 0.15) is 32.1 Å². The minimum absolute atomic E-state index is 0.0371. The molecule has 0 aliphatic heterocycles. The molecule has 0 radical (unpaired) electrons. The zero-order valence-electron chi connectivity index (χ0n) is 10.9. The molecular formula is C11H12F9NO. The highest BCUT2D eigenvalue weighted by molar-refractivity contribution is 5.85. The molecule has 1 rings (SSSR count). The first-order valence-electron chi connectivity index (χ1n) is 6.26. The molecule has 2 nitrogen and oxygen atoms in total. The van der Waals surface area contributed by atoms with Crippen LogP contribution in [0, 0.1) is 5.41 Å². The molecule has 1 saturated carbocycles. The summed E-state index contributed by atoms with van der Waals surface area (Å²) in [5.74, 6) is -3.12. The number of rotatable bonds is 2. The molecule has 0 aromatic carbocycles. The van der Waals surface area contributed by atoms with Crippen LogP contribution in [-0.2, 0) is 4.79 Å². The van der Waals surface area contributed by atoms with Gasteiger partial charge in [0.25, 0.3) is 5.91 Å². The van der Waals surface area contributed by atoms with Crippen molar-refractivity contribution in [1.29, 1.82) is 0 Å². The first kappa shape index (κ1) is 18.9. The fourth-order valence-electron chi connectivity index (χ4n) is 2.41. The van der Waals surface area contributed by atoms with E-state index in [1.54, 1.807) is 0 Å². The van der Waals surface area contributed by atoms with Gasteiger partial charge in [-0.3, -0.25) is 4.79 Å². The van der Waals surface area contributed by atoms with E-state index in [-0.39, 0.29) is 12.8 Å². The van der Waals surface area contributed by atoms with E-state index in [4.69, 9.17) is 0 Å². The van der Waals surface area contributed by atoms with Crippen LogP contribution in [0.2, 0.25) is 0 Å². The van der Waals surface area contributed by atoms with E-state index in [0.29, 0.717) is 19.3 Å². The quantitative estimate of drug-likeness (QED) is 0.750. The molecule has 0 atom stereocenters. The number of nitrogens with one attached hydrogen (secondary N) is 1. The highest BCUT2D eigenvalue weighted by Gasteiger charge is 2.88. The van der Waals surface area contributed by atoms with Crippen molar-refractivity contribution < 1.29 is 44.3 Å². The van der Waals surface area contributed by atoms with E-state index in [9.17, 15) is 44.3 Å². The lowest BCUT2D eigenvalue weighted by molar-refractivity contribution is -0.407. The first-order chi connectivity index (χ1) is 9.75. The maximum atomic E-state index is 12.7. The van der Waals surface area contributed by atoms with Crippen LogP contribution in [0.4, 0.5) is 39.5 Å². The third-order valence-electron chi connectivity index (χ3n) is 3.56. The van der Waals surface area contributed by atoms with Crippen LogP contribution in [0.3, 0.4) is 0 Å². The van der Waals surface area contributed by atoms with Crippen LogP contribution in [0.15, 0.2) is 0 Å². The summed E-state index contributed by atoms with van der Waals surface area (Å²) in [6, 6.07) is -1.13. The number of hydrogen-bond donors (Lipinski definition) is 1. The third kappa shape index (κ3) is 3.12. The summed E-state index contributed by atoms with van der Waals surface area (Å²) in [6.45, 7) is 0. The third-order valence-corrected chi connectivity index (χ3v) is 3.56. The van der Waals surface area contributed by atoms with Crippen molar-refractivity contribution in [2.75, 3.05) is 0 Å². The normalized spacial score (nSPS) is 19.1. The molecule has 1 aliphatic carbocycles. The van der Waals surface area contributed by atoms with Gasteiger partial charge in [0, 0.05) is 6.04 Å². The van der Waals surface area contributed by atoms with E-state index in [2.05, 4.69) is 0 Å². The molecular weight excluding hydrogens is 333 g/mol. The molecule has 130 valence electrons. The minimum Gasteiger partial charge on any atom is -0.352 e. The molecule has 1 aliphatic rings.